The minimum atomic E-state index is -1.53. The Kier molecular flexibility index (Phi) is 4.92. The lowest BCUT2D eigenvalue weighted by Gasteiger charge is -2.22. The maximum absolute atomic E-state index is 13.8. The van der Waals surface area contributed by atoms with Crippen molar-refractivity contribution >= 4 is 11.8 Å². The Bertz CT molecular complexity index is 555. The third-order valence-electron chi connectivity index (χ3n) is 3.13. The van der Waals surface area contributed by atoms with E-state index in [1.54, 1.807) is 13.2 Å². The molecular formula is C15H17FN2O3. The van der Waals surface area contributed by atoms with Gasteiger partial charge in [0.05, 0.1) is 20.8 Å². The molecule has 2 atom stereocenters. The van der Waals surface area contributed by atoms with Crippen molar-refractivity contribution < 1.29 is 18.7 Å². The second kappa shape index (κ2) is 6.88. The van der Waals surface area contributed by atoms with Crippen molar-refractivity contribution in [1.29, 1.82) is 0 Å². The number of methoxy groups -OCH3 is 2. The predicted molar refractivity (Wildman–Crippen MR) is 76.8 cm³/mol. The third-order valence-corrected chi connectivity index (χ3v) is 3.13. The lowest BCUT2D eigenvalue weighted by Crippen LogP contribution is -2.42. The normalized spacial score (nSPS) is 22.7. The van der Waals surface area contributed by atoms with Crippen LogP contribution in [-0.2, 0) is 16.1 Å². The number of esters is 1. The number of aliphatic imine (C=N–C) groups is 1. The average molecular weight is 292 g/mol. The van der Waals surface area contributed by atoms with Gasteiger partial charge in [-0.05, 0) is 23.8 Å². The van der Waals surface area contributed by atoms with Gasteiger partial charge in [0.25, 0.3) is 0 Å². The van der Waals surface area contributed by atoms with Gasteiger partial charge >= 0.3 is 5.97 Å². The second-order valence-corrected chi connectivity index (χ2v) is 4.50. The molecule has 0 saturated heterocycles. The van der Waals surface area contributed by atoms with Crippen LogP contribution in [0.4, 0.5) is 4.39 Å². The van der Waals surface area contributed by atoms with Crippen LogP contribution in [0.3, 0.4) is 0 Å². The lowest BCUT2D eigenvalue weighted by molar-refractivity contribution is -0.145. The second-order valence-electron chi connectivity index (χ2n) is 4.50. The zero-order chi connectivity index (χ0) is 15.2. The molecule has 0 aromatic heterocycles. The molecule has 1 heterocycles. The Morgan fingerprint density at radius 3 is 2.62 bits per heavy atom. The Morgan fingerprint density at radius 1 is 1.33 bits per heavy atom. The van der Waals surface area contributed by atoms with E-state index in [-0.39, 0.29) is 0 Å². The first-order valence-electron chi connectivity index (χ1n) is 6.48. The van der Waals surface area contributed by atoms with Crippen LogP contribution >= 0.6 is 0 Å². The molecule has 0 spiro atoms. The van der Waals surface area contributed by atoms with Crippen molar-refractivity contribution in [3.05, 3.63) is 42.0 Å². The van der Waals surface area contributed by atoms with Crippen molar-refractivity contribution in [2.75, 3.05) is 14.2 Å². The summed E-state index contributed by atoms with van der Waals surface area (Å²) in [6.07, 6.45) is 1.51. The lowest BCUT2D eigenvalue weighted by atomic mass is 10.1. The number of benzene rings is 1. The van der Waals surface area contributed by atoms with Crippen LogP contribution in [0.2, 0.25) is 0 Å². The van der Waals surface area contributed by atoms with Gasteiger partial charge in [-0.3, -0.25) is 9.79 Å². The smallest absolute Gasteiger partial charge is 0.317 e. The Labute approximate surface area is 122 Å². The maximum atomic E-state index is 13.8. The van der Waals surface area contributed by atoms with E-state index < -0.39 is 18.2 Å². The van der Waals surface area contributed by atoms with Crippen LogP contribution in [0.5, 0.6) is 5.75 Å². The molecule has 2 rings (SSSR count). The highest BCUT2D eigenvalue weighted by Crippen LogP contribution is 2.15. The Balaban J connectivity index is 2.00. The number of carbonyl (C=O) groups excluding carboxylic acids is 1. The van der Waals surface area contributed by atoms with Crippen molar-refractivity contribution in [3.8, 4) is 5.75 Å². The van der Waals surface area contributed by atoms with E-state index in [0.717, 1.165) is 11.3 Å². The summed E-state index contributed by atoms with van der Waals surface area (Å²) in [5.74, 6) is -0.374. The fourth-order valence-electron chi connectivity index (χ4n) is 1.91. The predicted octanol–water partition coefficient (Wildman–Crippen LogP) is 1.84. The van der Waals surface area contributed by atoms with Gasteiger partial charge in [-0.15, -0.1) is 0 Å². The van der Waals surface area contributed by atoms with Gasteiger partial charge in [-0.1, -0.05) is 18.2 Å². The molecule has 1 N–H and O–H groups in total. The van der Waals surface area contributed by atoms with Gasteiger partial charge in [0.2, 0.25) is 0 Å². The van der Waals surface area contributed by atoms with Crippen molar-refractivity contribution in [3.63, 3.8) is 0 Å². The first-order valence-corrected chi connectivity index (χ1v) is 6.48. The van der Waals surface area contributed by atoms with Gasteiger partial charge < -0.3 is 14.8 Å². The van der Waals surface area contributed by atoms with E-state index in [4.69, 9.17) is 4.74 Å². The summed E-state index contributed by atoms with van der Waals surface area (Å²) in [5, 5.41) is 2.55. The highest BCUT2D eigenvalue weighted by atomic mass is 19.1. The van der Waals surface area contributed by atoms with Gasteiger partial charge in [-0.2, -0.15) is 0 Å². The molecule has 0 radical (unpaired) electrons. The van der Waals surface area contributed by atoms with Crippen LogP contribution in [0, 0.1) is 5.92 Å². The highest BCUT2D eigenvalue weighted by molar-refractivity contribution is 5.95. The molecule has 0 bridgehead atoms. The third kappa shape index (κ3) is 3.81. The molecule has 0 amide bonds. The Morgan fingerprint density at radius 2 is 2.05 bits per heavy atom. The molecular weight excluding hydrogens is 275 g/mol. The van der Waals surface area contributed by atoms with Crippen LogP contribution in [0.15, 0.2) is 41.4 Å². The van der Waals surface area contributed by atoms with Crippen LogP contribution in [-0.4, -0.2) is 32.3 Å². The summed E-state index contributed by atoms with van der Waals surface area (Å²) < 4.78 is 23.4. The molecule has 2 unspecified atom stereocenters. The van der Waals surface area contributed by atoms with Crippen LogP contribution in [0.1, 0.15) is 5.56 Å². The number of nitrogens with one attached hydrogen (secondary N) is 1. The first kappa shape index (κ1) is 15.0. The average Bonchev–Trinajstić information content (AvgIpc) is 2.52. The number of halogens is 1. The monoisotopic (exact) mass is 292 g/mol. The SMILES string of the molecule is COC(=O)C1C=CC(=NCc2ccc(OC)cc2)NC1F. The number of carbonyl (C=O) groups is 1. The molecule has 21 heavy (non-hydrogen) atoms. The van der Waals surface area contributed by atoms with E-state index in [1.165, 1.54) is 13.2 Å². The Hall–Kier alpha value is -2.37. The molecule has 0 aliphatic carbocycles. The van der Waals surface area contributed by atoms with Gasteiger partial charge in [-0.25, -0.2) is 4.39 Å². The van der Waals surface area contributed by atoms with Crippen molar-refractivity contribution in [2.24, 2.45) is 10.9 Å². The van der Waals surface area contributed by atoms with E-state index in [1.807, 2.05) is 24.3 Å². The number of amidine groups is 1. The largest absolute Gasteiger partial charge is 0.497 e. The molecule has 0 saturated carbocycles. The standard InChI is InChI=1S/C15H17FN2O3/c1-20-11-5-3-10(4-6-11)9-17-13-8-7-12(14(16)18-13)15(19)21-2/h3-8,12,14H,9H2,1-2H3,(H,17,18). The topological polar surface area (TPSA) is 59.9 Å². The molecule has 112 valence electrons. The maximum Gasteiger partial charge on any atom is 0.317 e. The molecule has 0 fully saturated rings. The molecule has 6 heteroatoms. The minimum Gasteiger partial charge on any atom is -0.497 e. The highest BCUT2D eigenvalue weighted by Gasteiger charge is 2.30. The zero-order valence-electron chi connectivity index (χ0n) is 11.9. The fourth-order valence-corrected chi connectivity index (χ4v) is 1.91. The van der Waals surface area contributed by atoms with E-state index in [0.29, 0.717) is 12.4 Å². The van der Waals surface area contributed by atoms with Crippen LogP contribution < -0.4 is 10.1 Å². The van der Waals surface area contributed by atoms with Gasteiger partial charge in [0.1, 0.15) is 17.5 Å². The summed E-state index contributed by atoms with van der Waals surface area (Å²) >= 11 is 0. The number of hydrogen-bond acceptors (Lipinski definition) is 4. The fraction of sp³-hybridized carbons (Fsp3) is 0.333. The quantitative estimate of drug-likeness (QED) is 0.679. The van der Waals surface area contributed by atoms with Crippen LogP contribution in [0.25, 0.3) is 0 Å². The molecule has 1 aliphatic heterocycles. The van der Waals surface area contributed by atoms with E-state index >= 15 is 0 Å². The van der Waals surface area contributed by atoms with E-state index in [2.05, 4.69) is 15.0 Å². The number of ether oxygens (including phenoxy) is 2. The minimum absolute atomic E-state index is 0.401. The molecule has 5 nitrogen and oxygen atoms in total. The number of alkyl halides is 1. The summed E-state index contributed by atoms with van der Waals surface area (Å²) in [6, 6.07) is 7.45. The van der Waals surface area contributed by atoms with Crippen molar-refractivity contribution in [1.82, 2.24) is 5.32 Å². The number of nitrogens with zero attached hydrogens (tertiary/aromatic N) is 1. The first-order chi connectivity index (χ1) is 10.1. The number of rotatable bonds is 4. The van der Waals surface area contributed by atoms with Gasteiger partial charge in [0.15, 0.2) is 6.30 Å². The summed E-state index contributed by atoms with van der Waals surface area (Å²) in [4.78, 5) is 15.6. The molecule has 1 aromatic carbocycles. The molecule has 1 aromatic rings. The van der Waals surface area contributed by atoms with Gasteiger partial charge in [0, 0.05) is 0 Å². The summed E-state index contributed by atoms with van der Waals surface area (Å²) in [6.45, 7) is 0.409. The molecule has 1 aliphatic rings. The summed E-state index contributed by atoms with van der Waals surface area (Å²) in [5.41, 5.74) is 0.976. The summed E-state index contributed by atoms with van der Waals surface area (Å²) in [7, 11) is 2.83. The van der Waals surface area contributed by atoms with Crippen molar-refractivity contribution in [2.45, 2.75) is 12.8 Å². The zero-order valence-corrected chi connectivity index (χ0v) is 11.9. The van der Waals surface area contributed by atoms with E-state index in [9.17, 15) is 9.18 Å². The number of hydrogen-bond donors (Lipinski definition) is 1.